The molecule has 0 aliphatic carbocycles. The number of hydrogen-bond donors (Lipinski definition) is 1. The van der Waals surface area contributed by atoms with Gasteiger partial charge in [-0.3, -0.25) is 9.88 Å². The van der Waals surface area contributed by atoms with Crippen LogP contribution in [0.3, 0.4) is 0 Å². The lowest BCUT2D eigenvalue weighted by Crippen LogP contribution is -2.20. The summed E-state index contributed by atoms with van der Waals surface area (Å²) in [5.74, 6) is -0.214. The van der Waals surface area contributed by atoms with Gasteiger partial charge in [-0.05, 0) is 60.7 Å². The molecule has 1 aliphatic heterocycles. The molecule has 0 saturated carbocycles. The number of carboxylic acids is 1. The second-order valence-corrected chi connectivity index (χ2v) is 5.95. The lowest BCUT2D eigenvalue weighted by molar-refractivity contribution is 0.0697. The van der Waals surface area contributed by atoms with Crippen molar-refractivity contribution in [3.63, 3.8) is 0 Å². The lowest BCUT2D eigenvalue weighted by Gasteiger charge is -2.16. The highest BCUT2D eigenvalue weighted by molar-refractivity contribution is 5.87. The van der Waals surface area contributed by atoms with Crippen LogP contribution in [0, 0.1) is 5.92 Å². The zero-order valence-corrected chi connectivity index (χ0v) is 12.5. The molecular formula is C18H20N2O2. The molecule has 1 aromatic heterocycles. The van der Waals surface area contributed by atoms with E-state index in [0.717, 1.165) is 26.1 Å². The third-order valence-corrected chi connectivity index (χ3v) is 4.25. The summed E-state index contributed by atoms with van der Waals surface area (Å²) in [7, 11) is 0. The largest absolute Gasteiger partial charge is 0.478 e. The Morgan fingerprint density at radius 2 is 1.86 bits per heavy atom. The van der Waals surface area contributed by atoms with Crippen LogP contribution in [0.5, 0.6) is 0 Å². The second kappa shape index (κ2) is 6.71. The van der Waals surface area contributed by atoms with Crippen LogP contribution in [0.2, 0.25) is 0 Å². The number of aromatic carboxylic acids is 1. The van der Waals surface area contributed by atoms with Crippen LogP contribution in [-0.2, 0) is 13.0 Å². The summed E-state index contributed by atoms with van der Waals surface area (Å²) in [6.07, 6.45) is 5.90. The average molecular weight is 296 g/mol. The van der Waals surface area contributed by atoms with Gasteiger partial charge in [-0.15, -0.1) is 0 Å². The van der Waals surface area contributed by atoms with E-state index in [4.69, 9.17) is 5.11 Å². The molecule has 4 nitrogen and oxygen atoms in total. The molecule has 0 amide bonds. The summed E-state index contributed by atoms with van der Waals surface area (Å²) in [5, 5.41) is 8.92. The summed E-state index contributed by atoms with van der Waals surface area (Å²) in [5.41, 5.74) is 2.89. The summed E-state index contributed by atoms with van der Waals surface area (Å²) in [6.45, 7) is 3.21. The Hall–Kier alpha value is -2.20. The first-order chi connectivity index (χ1) is 10.7. The van der Waals surface area contributed by atoms with Crippen LogP contribution >= 0.6 is 0 Å². The van der Waals surface area contributed by atoms with Crippen molar-refractivity contribution in [2.45, 2.75) is 19.4 Å². The first kappa shape index (κ1) is 14.7. The third kappa shape index (κ3) is 3.71. The quantitative estimate of drug-likeness (QED) is 0.922. The first-order valence-corrected chi connectivity index (χ1v) is 7.64. The Morgan fingerprint density at radius 1 is 1.14 bits per heavy atom. The van der Waals surface area contributed by atoms with Gasteiger partial charge in [0, 0.05) is 25.5 Å². The molecule has 1 unspecified atom stereocenters. The fourth-order valence-electron chi connectivity index (χ4n) is 3.09. The van der Waals surface area contributed by atoms with E-state index in [1.54, 1.807) is 12.1 Å². The molecule has 1 aliphatic rings. The molecule has 1 atom stereocenters. The van der Waals surface area contributed by atoms with E-state index >= 15 is 0 Å². The molecule has 0 radical (unpaired) electrons. The topological polar surface area (TPSA) is 53.4 Å². The minimum absolute atomic E-state index is 0.356. The van der Waals surface area contributed by atoms with Crippen LogP contribution in [0.25, 0.3) is 0 Å². The van der Waals surface area contributed by atoms with E-state index < -0.39 is 5.97 Å². The van der Waals surface area contributed by atoms with E-state index in [0.29, 0.717) is 11.5 Å². The molecule has 0 bridgehead atoms. The zero-order chi connectivity index (χ0) is 15.4. The smallest absolute Gasteiger partial charge is 0.335 e. The minimum atomic E-state index is -0.865. The molecule has 114 valence electrons. The Kier molecular flexibility index (Phi) is 4.49. The molecule has 4 heteroatoms. The van der Waals surface area contributed by atoms with Gasteiger partial charge in [0.1, 0.15) is 0 Å². The Morgan fingerprint density at radius 3 is 2.55 bits per heavy atom. The van der Waals surface area contributed by atoms with E-state index in [1.807, 2.05) is 24.5 Å². The highest BCUT2D eigenvalue weighted by atomic mass is 16.4. The highest BCUT2D eigenvalue weighted by Gasteiger charge is 2.22. The lowest BCUT2D eigenvalue weighted by atomic mass is 9.98. The van der Waals surface area contributed by atoms with Crippen molar-refractivity contribution in [2.24, 2.45) is 5.92 Å². The Bertz CT molecular complexity index is 625. The number of nitrogens with zero attached hydrogens (tertiary/aromatic N) is 2. The van der Waals surface area contributed by atoms with E-state index in [-0.39, 0.29) is 0 Å². The minimum Gasteiger partial charge on any atom is -0.478 e. The van der Waals surface area contributed by atoms with Gasteiger partial charge in [-0.1, -0.05) is 12.1 Å². The van der Waals surface area contributed by atoms with E-state index in [9.17, 15) is 4.79 Å². The fourth-order valence-corrected chi connectivity index (χ4v) is 3.09. The van der Waals surface area contributed by atoms with Crippen molar-refractivity contribution in [3.05, 3.63) is 65.5 Å². The molecule has 0 spiro atoms. The highest BCUT2D eigenvalue weighted by Crippen LogP contribution is 2.22. The summed E-state index contributed by atoms with van der Waals surface area (Å²) >= 11 is 0. The molecule has 1 saturated heterocycles. The van der Waals surface area contributed by atoms with Crippen molar-refractivity contribution in [3.8, 4) is 0 Å². The van der Waals surface area contributed by atoms with Gasteiger partial charge >= 0.3 is 5.97 Å². The standard InChI is InChI=1S/C18H20N2O2/c21-18(22)17-3-1-14(2-4-17)11-16-7-10-20(13-16)12-15-5-8-19-9-6-15/h1-6,8-9,16H,7,10-13H2,(H,21,22). The van der Waals surface area contributed by atoms with Crippen LogP contribution in [0.4, 0.5) is 0 Å². The van der Waals surface area contributed by atoms with Gasteiger partial charge in [0.05, 0.1) is 5.56 Å². The molecule has 22 heavy (non-hydrogen) atoms. The molecule has 3 rings (SSSR count). The van der Waals surface area contributed by atoms with Crippen molar-refractivity contribution in [2.75, 3.05) is 13.1 Å². The average Bonchev–Trinajstić information content (AvgIpc) is 2.96. The van der Waals surface area contributed by atoms with Crippen LogP contribution < -0.4 is 0 Å². The van der Waals surface area contributed by atoms with Crippen molar-refractivity contribution in [1.29, 1.82) is 0 Å². The Balaban J connectivity index is 1.53. The monoisotopic (exact) mass is 296 g/mol. The first-order valence-electron chi connectivity index (χ1n) is 7.64. The number of pyridine rings is 1. The summed E-state index contributed by atoms with van der Waals surface area (Å²) < 4.78 is 0. The molecule has 2 heterocycles. The number of likely N-dealkylation sites (tertiary alicyclic amines) is 1. The number of hydrogen-bond acceptors (Lipinski definition) is 3. The van der Waals surface area contributed by atoms with Crippen LogP contribution in [-0.4, -0.2) is 34.0 Å². The summed E-state index contributed by atoms with van der Waals surface area (Å²) in [6, 6.07) is 11.4. The van der Waals surface area contributed by atoms with Crippen molar-refractivity contribution in [1.82, 2.24) is 9.88 Å². The van der Waals surface area contributed by atoms with Gasteiger partial charge in [0.25, 0.3) is 0 Å². The van der Waals surface area contributed by atoms with Crippen molar-refractivity contribution >= 4 is 5.97 Å². The second-order valence-electron chi connectivity index (χ2n) is 5.95. The third-order valence-electron chi connectivity index (χ3n) is 4.25. The van der Waals surface area contributed by atoms with Gasteiger partial charge in [-0.2, -0.15) is 0 Å². The van der Waals surface area contributed by atoms with Gasteiger partial charge < -0.3 is 5.11 Å². The molecule has 1 N–H and O–H groups in total. The van der Waals surface area contributed by atoms with Crippen LogP contribution in [0.15, 0.2) is 48.8 Å². The van der Waals surface area contributed by atoms with Gasteiger partial charge in [0.2, 0.25) is 0 Å². The van der Waals surface area contributed by atoms with Crippen molar-refractivity contribution < 1.29 is 9.90 Å². The predicted octanol–water partition coefficient (Wildman–Crippen LogP) is 2.84. The molecule has 1 fully saturated rings. The normalized spacial score (nSPS) is 18.5. The van der Waals surface area contributed by atoms with E-state index in [1.165, 1.54) is 17.5 Å². The number of carboxylic acid groups (broad SMARTS) is 1. The fraction of sp³-hybridized carbons (Fsp3) is 0.333. The van der Waals surface area contributed by atoms with Crippen LogP contribution in [0.1, 0.15) is 27.9 Å². The summed E-state index contributed by atoms with van der Waals surface area (Å²) in [4.78, 5) is 17.4. The number of benzene rings is 1. The van der Waals surface area contributed by atoms with E-state index in [2.05, 4.69) is 22.0 Å². The molecule has 1 aromatic carbocycles. The molecular weight excluding hydrogens is 276 g/mol. The maximum Gasteiger partial charge on any atom is 0.335 e. The Labute approximate surface area is 130 Å². The molecule has 2 aromatic rings. The number of aromatic nitrogens is 1. The number of rotatable bonds is 5. The van der Waals surface area contributed by atoms with Gasteiger partial charge in [-0.25, -0.2) is 4.79 Å². The maximum absolute atomic E-state index is 10.9. The zero-order valence-electron chi connectivity index (χ0n) is 12.5. The maximum atomic E-state index is 10.9. The van der Waals surface area contributed by atoms with Gasteiger partial charge in [0.15, 0.2) is 0 Å². The number of carbonyl (C=O) groups is 1. The predicted molar refractivity (Wildman–Crippen MR) is 84.7 cm³/mol. The SMILES string of the molecule is O=C(O)c1ccc(CC2CCN(Cc3ccncc3)C2)cc1.